The minimum Gasteiger partial charge on any atom is -0.345 e. The van der Waals surface area contributed by atoms with E-state index in [2.05, 4.69) is 15.3 Å². The smallest absolute Gasteiger partial charge is 0.254 e. The van der Waals surface area contributed by atoms with E-state index in [4.69, 9.17) is 0 Å². The van der Waals surface area contributed by atoms with Crippen LogP contribution in [0.1, 0.15) is 57.8 Å². The highest BCUT2D eigenvalue weighted by molar-refractivity contribution is 5.99. The minimum absolute atomic E-state index is 0.0412. The van der Waals surface area contributed by atoms with Crippen LogP contribution in [-0.4, -0.2) is 39.8 Å². The Bertz CT molecular complexity index is 1040. The minimum atomic E-state index is -0.269. The third-order valence-corrected chi connectivity index (χ3v) is 6.34. The molecule has 3 heterocycles. The van der Waals surface area contributed by atoms with Gasteiger partial charge in [-0.15, -0.1) is 0 Å². The summed E-state index contributed by atoms with van der Waals surface area (Å²) in [6.07, 6.45) is 1.88. The zero-order chi connectivity index (χ0) is 19.4. The second kappa shape index (κ2) is 6.29. The third kappa shape index (κ3) is 2.65. The molecule has 28 heavy (non-hydrogen) atoms. The lowest BCUT2D eigenvalue weighted by molar-refractivity contribution is -0.130. The molecule has 1 aromatic heterocycles. The van der Waals surface area contributed by atoms with Crippen LogP contribution in [0.15, 0.2) is 29.1 Å². The van der Waals surface area contributed by atoms with Gasteiger partial charge < -0.3 is 15.2 Å². The maximum Gasteiger partial charge on any atom is 0.254 e. The molecule has 1 saturated heterocycles. The molecule has 7 nitrogen and oxygen atoms in total. The maximum absolute atomic E-state index is 13.0. The molecule has 7 heteroatoms. The molecule has 3 atom stereocenters. The van der Waals surface area contributed by atoms with Crippen molar-refractivity contribution in [3.05, 3.63) is 62.8 Å². The van der Waals surface area contributed by atoms with Gasteiger partial charge in [0.1, 0.15) is 5.82 Å². The van der Waals surface area contributed by atoms with Crippen molar-refractivity contribution in [2.75, 3.05) is 13.1 Å². The molecular formula is C21H22N4O3. The second-order valence-electron chi connectivity index (χ2n) is 8.04. The number of aromatic amines is 1. The standard InChI is InChI=1S/C21H22N4O3/c1-11-22-19-15(21(28)23-11)7-6-12-9-25(10-16(12)19)18(26)8-17-13-4-2-3-5-14(13)20(27)24-17/h2-5,12,16-17H,6-10H2,1H3,(H,24,27)(H,22,23,28)/t12-,16+,17+/m1/s1. The van der Waals surface area contributed by atoms with Crippen molar-refractivity contribution >= 4 is 11.8 Å². The van der Waals surface area contributed by atoms with Crippen molar-refractivity contribution in [1.29, 1.82) is 0 Å². The maximum atomic E-state index is 13.0. The predicted octanol–water partition coefficient (Wildman–Crippen LogP) is 1.44. The molecule has 0 unspecified atom stereocenters. The van der Waals surface area contributed by atoms with Gasteiger partial charge in [-0.05, 0) is 37.3 Å². The van der Waals surface area contributed by atoms with Gasteiger partial charge in [-0.3, -0.25) is 14.4 Å². The Morgan fingerprint density at radius 1 is 1.25 bits per heavy atom. The van der Waals surface area contributed by atoms with E-state index in [9.17, 15) is 14.4 Å². The van der Waals surface area contributed by atoms with Gasteiger partial charge in [0.15, 0.2) is 0 Å². The van der Waals surface area contributed by atoms with Gasteiger partial charge >= 0.3 is 0 Å². The summed E-state index contributed by atoms with van der Waals surface area (Å²) in [6, 6.07) is 7.16. The predicted molar refractivity (Wildman–Crippen MR) is 102 cm³/mol. The summed E-state index contributed by atoms with van der Waals surface area (Å²) in [7, 11) is 0. The van der Waals surface area contributed by atoms with Gasteiger partial charge in [-0.2, -0.15) is 0 Å². The van der Waals surface area contributed by atoms with Gasteiger partial charge in [-0.25, -0.2) is 4.98 Å². The molecular weight excluding hydrogens is 356 g/mol. The van der Waals surface area contributed by atoms with E-state index in [0.29, 0.717) is 36.8 Å². The number of likely N-dealkylation sites (tertiary alicyclic amines) is 1. The Labute approximate surface area is 162 Å². The first kappa shape index (κ1) is 17.2. The number of benzene rings is 1. The van der Waals surface area contributed by atoms with Crippen LogP contribution < -0.4 is 10.9 Å². The molecule has 1 aliphatic carbocycles. The van der Waals surface area contributed by atoms with Gasteiger partial charge in [0, 0.05) is 30.1 Å². The number of H-pyrrole nitrogens is 1. The van der Waals surface area contributed by atoms with Crippen LogP contribution in [0.2, 0.25) is 0 Å². The summed E-state index contributed by atoms with van der Waals surface area (Å²) >= 11 is 0. The average Bonchev–Trinajstić information content (AvgIpc) is 3.24. The quantitative estimate of drug-likeness (QED) is 0.827. The lowest BCUT2D eigenvalue weighted by Gasteiger charge is -2.25. The summed E-state index contributed by atoms with van der Waals surface area (Å²) in [6.45, 7) is 3.08. The molecule has 2 aliphatic heterocycles. The Hall–Kier alpha value is -2.96. The Morgan fingerprint density at radius 2 is 2.07 bits per heavy atom. The first-order valence-corrected chi connectivity index (χ1v) is 9.78. The van der Waals surface area contributed by atoms with E-state index < -0.39 is 0 Å². The molecule has 3 aliphatic rings. The number of carbonyl (C=O) groups is 2. The van der Waals surface area contributed by atoms with Crippen molar-refractivity contribution in [2.45, 2.75) is 38.1 Å². The van der Waals surface area contributed by atoms with Gasteiger partial charge in [0.25, 0.3) is 11.5 Å². The van der Waals surface area contributed by atoms with Crippen LogP contribution in [0.4, 0.5) is 0 Å². The zero-order valence-electron chi connectivity index (χ0n) is 15.7. The Kier molecular flexibility index (Phi) is 3.86. The van der Waals surface area contributed by atoms with E-state index in [1.807, 2.05) is 23.1 Å². The first-order chi connectivity index (χ1) is 13.5. The van der Waals surface area contributed by atoms with Gasteiger partial charge in [-0.1, -0.05) is 18.2 Å². The number of rotatable bonds is 2. The molecule has 2 N–H and O–H groups in total. The normalized spacial score (nSPS) is 25.1. The number of aromatic nitrogens is 2. The molecule has 0 bridgehead atoms. The molecule has 0 radical (unpaired) electrons. The summed E-state index contributed by atoms with van der Waals surface area (Å²) in [5.41, 5.74) is 3.15. The fourth-order valence-corrected chi connectivity index (χ4v) is 4.97. The highest BCUT2D eigenvalue weighted by Gasteiger charge is 2.42. The lowest BCUT2D eigenvalue weighted by Crippen LogP contribution is -2.32. The first-order valence-electron chi connectivity index (χ1n) is 9.78. The number of carbonyl (C=O) groups excluding carboxylic acids is 2. The van der Waals surface area contributed by atoms with Crippen molar-refractivity contribution in [3.63, 3.8) is 0 Å². The van der Waals surface area contributed by atoms with Crippen LogP contribution in [0.25, 0.3) is 0 Å². The molecule has 2 aromatic rings. The number of aryl methyl sites for hydroxylation is 1. The zero-order valence-corrected chi connectivity index (χ0v) is 15.7. The highest BCUT2D eigenvalue weighted by Crippen LogP contribution is 2.40. The van der Waals surface area contributed by atoms with Crippen molar-refractivity contribution in [1.82, 2.24) is 20.2 Å². The second-order valence-corrected chi connectivity index (χ2v) is 8.04. The third-order valence-electron chi connectivity index (χ3n) is 6.34. The monoisotopic (exact) mass is 378 g/mol. The molecule has 5 rings (SSSR count). The fraction of sp³-hybridized carbons (Fsp3) is 0.429. The van der Waals surface area contributed by atoms with Crippen molar-refractivity contribution in [2.24, 2.45) is 5.92 Å². The van der Waals surface area contributed by atoms with E-state index in [0.717, 1.165) is 23.2 Å². The summed E-state index contributed by atoms with van der Waals surface area (Å²) < 4.78 is 0. The summed E-state index contributed by atoms with van der Waals surface area (Å²) in [5.74, 6) is 1.02. The van der Waals surface area contributed by atoms with E-state index >= 15 is 0 Å². The van der Waals surface area contributed by atoms with Gasteiger partial charge in [0.05, 0.1) is 18.2 Å². The molecule has 1 aromatic carbocycles. The van der Waals surface area contributed by atoms with Crippen LogP contribution >= 0.6 is 0 Å². The van der Waals surface area contributed by atoms with Crippen LogP contribution in [0.3, 0.4) is 0 Å². The van der Waals surface area contributed by atoms with E-state index in [-0.39, 0.29) is 35.8 Å². The number of amides is 2. The topological polar surface area (TPSA) is 95.2 Å². The van der Waals surface area contributed by atoms with Crippen LogP contribution in [0, 0.1) is 12.8 Å². The Balaban J connectivity index is 1.35. The van der Waals surface area contributed by atoms with Crippen LogP contribution in [-0.2, 0) is 11.2 Å². The molecule has 2 amide bonds. The Morgan fingerprint density at radius 3 is 2.93 bits per heavy atom. The van der Waals surface area contributed by atoms with Crippen molar-refractivity contribution in [3.8, 4) is 0 Å². The highest BCUT2D eigenvalue weighted by atomic mass is 16.2. The molecule has 144 valence electrons. The summed E-state index contributed by atoms with van der Waals surface area (Å²) in [5, 5.41) is 2.92. The molecule has 0 spiro atoms. The number of nitrogens with one attached hydrogen (secondary N) is 2. The van der Waals surface area contributed by atoms with E-state index in [1.54, 1.807) is 13.0 Å². The number of hydrogen-bond donors (Lipinski definition) is 2. The fourth-order valence-electron chi connectivity index (χ4n) is 4.97. The molecule has 0 saturated carbocycles. The van der Waals surface area contributed by atoms with Crippen molar-refractivity contribution < 1.29 is 9.59 Å². The number of fused-ring (bicyclic) bond motifs is 4. The SMILES string of the molecule is Cc1nc2c(c(=O)[nH]1)CC[C@@H]1CN(C(=O)C[C@@H]3NC(=O)c4ccccc43)C[C@H]21. The lowest BCUT2D eigenvalue weighted by atomic mass is 9.80. The van der Waals surface area contributed by atoms with Crippen LogP contribution in [0.5, 0.6) is 0 Å². The molecule has 1 fully saturated rings. The average molecular weight is 378 g/mol. The van der Waals surface area contributed by atoms with Gasteiger partial charge in [0.2, 0.25) is 5.91 Å². The number of nitrogens with zero attached hydrogens (tertiary/aromatic N) is 2. The largest absolute Gasteiger partial charge is 0.345 e. The van der Waals surface area contributed by atoms with E-state index in [1.165, 1.54) is 0 Å². The number of hydrogen-bond acceptors (Lipinski definition) is 4. The summed E-state index contributed by atoms with van der Waals surface area (Å²) in [4.78, 5) is 46.6.